The molecule has 0 N–H and O–H groups in total. The smallest absolute Gasteiger partial charge is 0.0700 e. The summed E-state index contributed by atoms with van der Waals surface area (Å²) in [6, 6.07) is 10.6. The lowest BCUT2D eigenvalue weighted by molar-refractivity contribution is 0.0363. The van der Waals surface area contributed by atoms with Crippen LogP contribution >= 0.6 is 15.9 Å². The summed E-state index contributed by atoms with van der Waals surface area (Å²) in [6.45, 7) is 0.844. The van der Waals surface area contributed by atoms with Gasteiger partial charge < -0.3 is 4.74 Å². The minimum absolute atomic E-state index is 0.428. The van der Waals surface area contributed by atoms with Crippen LogP contribution in [0.25, 0.3) is 0 Å². The van der Waals surface area contributed by atoms with Crippen LogP contribution in [0, 0.1) is 0 Å². The second-order valence-corrected chi connectivity index (χ2v) is 5.62. The van der Waals surface area contributed by atoms with Crippen molar-refractivity contribution < 1.29 is 4.74 Å². The number of rotatable bonds is 4. The van der Waals surface area contributed by atoms with Gasteiger partial charge in [-0.1, -0.05) is 59.1 Å². The minimum atomic E-state index is 0.428. The van der Waals surface area contributed by atoms with Crippen LogP contribution in [-0.4, -0.2) is 17.5 Å². The predicted molar refractivity (Wildman–Crippen MR) is 71.1 cm³/mol. The first-order chi connectivity index (χ1) is 7.86. The van der Waals surface area contributed by atoms with Crippen molar-refractivity contribution in [3.8, 4) is 0 Å². The Kier molecular flexibility index (Phi) is 4.86. The monoisotopic (exact) mass is 282 g/mol. The van der Waals surface area contributed by atoms with Crippen LogP contribution in [0.15, 0.2) is 30.3 Å². The maximum atomic E-state index is 5.95. The van der Waals surface area contributed by atoms with Crippen molar-refractivity contribution in [2.75, 3.05) is 6.61 Å². The average Bonchev–Trinajstić information content (AvgIpc) is 2.33. The Morgan fingerprint density at radius 2 is 1.88 bits per heavy atom. The number of alkyl halides is 1. The van der Waals surface area contributed by atoms with E-state index in [-0.39, 0.29) is 0 Å². The molecule has 0 heterocycles. The highest BCUT2D eigenvalue weighted by Crippen LogP contribution is 2.26. The Labute approximate surface area is 106 Å². The Morgan fingerprint density at radius 1 is 1.12 bits per heavy atom. The molecule has 1 aliphatic carbocycles. The Bertz CT molecular complexity index is 299. The molecule has 2 atom stereocenters. The molecule has 0 radical (unpaired) electrons. The van der Waals surface area contributed by atoms with Gasteiger partial charge in [0.25, 0.3) is 0 Å². The van der Waals surface area contributed by atoms with E-state index in [4.69, 9.17) is 4.74 Å². The van der Waals surface area contributed by atoms with E-state index in [2.05, 4.69) is 46.3 Å². The molecule has 0 spiro atoms. The summed E-state index contributed by atoms with van der Waals surface area (Å²) in [6.07, 6.45) is 6.59. The third-order valence-corrected chi connectivity index (χ3v) is 4.23. The fourth-order valence-corrected chi connectivity index (χ4v) is 2.95. The average molecular weight is 283 g/mol. The van der Waals surface area contributed by atoms with E-state index in [1.807, 2.05) is 0 Å². The number of hydrogen-bond acceptors (Lipinski definition) is 1. The van der Waals surface area contributed by atoms with Crippen molar-refractivity contribution in [1.82, 2.24) is 0 Å². The molecule has 2 rings (SSSR count). The van der Waals surface area contributed by atoms with Gasteiger partial charge in [-0.25, -0.2) is 0 Å². The lowest BCUT2D eigenvalue weighted by atomic mass is 9.97. The highest BCUT2D eigenvalue weighted by molar-refractivity contribution is 9.09. The van der Waals surface area contributed by atoms with Crippen molar-refractivity contribution in [3.63, 3.8) is 0 Å². The molecule has 16 heavy (non-hydrogen) atoms. The molecule has 2 heteroatoms. The maximum Gasteiger partial charge on any atom is 0.0700 e. The van der Waals surface area contributed by atoms with E-state index in [9.17, 15) is 0 Å². The van der Waals surface area contributed by atoms with Gasteiger partial charge in [-0.2, -0.15) is 0 Å². The zero-order valence-electron chi connectivity index (χ0n) is 9.57. The molecule has 1 aromatic carbocycles. The van der Waals surface area contributed by atoms with Crippen LogP contribution in [0.5, 0.6) is 0 Å². The van der Waals surface area contributed by atoms with Crippen molar-refractivity contribution in [3.05, 3.63) is 35.9 Å². The lowest BCUT2D eigenvalue weighted by Gasteiger charge is -2.27. The quantitative estimate of drug-likeness (QED) is 0.760. The number of halogens is 1. The van der Waals surface area contributed by atoms with E-state index in [0.29, 0.717) is 10.9 Å². The topological polar surface area (TPSA) is 9.23 Å². The molecule has 0 saturated heterocycles. The normalized spacial score (nSPS) is 25.6. The van der Waals surface area contributed by atoms with Crippen LogP contribution < -0.4 is 0 Å². The SMILES string of the molecule is Br[C@H]1CCCCC1OCCc1ccccc1. The number of ether oxygens (including phenoxy) is 1. The third-order valence-electron chi connectivity index (χ3n) is 3.19. The van der Waals surface area contributed by atoms with Gasteiger partial charge in [0.05, 0.1) is 12.7 Å². The summed E-state index contributed by atoms with van der Waals surface area (Å²) in [5.41, 5.74) is 1.37. The van der Waals surface area contributed by atoms with Crippen molar-refractivity contribution in [2.24, 2.45) is 0 Å². The number of benzene rings is 1. The van der Waals surface area contributed by atoms with Crippen molar-refractivity contribution >= 4 is 15.9 Å². The fourth-order valence-electron chi connectivity index (χ4n) is 2.21. The van der Waals surface area contributed by atoms with Crippen molar-refractivity contribution in [1.29, 1.82) is 0 Å². The molecule has 0 aromatic heterocycles. The summed E-state index contributed by atoms with van der Waals surface area (Å²) < 4.78 is 5.95. The summed E-state index contributed by atoms with van der Waals surface area (Å²) in [5.74, 6) is 0. The highest BCUT2D eigenvalue weighted by Gasteiger charge is 2.22. The van der Waals surface area contributed by atoms with Crippen molar-refractivity contribution in [2.45, 2.75) is 43.0 Å². The van der Waals surface area contributed by atoms with Gasteiger partial charge in [-0.05, 0) is 24.8 Å². The minimum Gasteiger partial charge on any atom is -0.377 e. The third kappa shape index (κ3) is 3.60. The van der Waals surface area contributed by atoms with Gasteiger partial charge in [-0.3, -0.25) is 0 Å². The van der Waals surface area contributed by atoms with Gasteiger partial charge in [0.15, 0.2) is 0 Å². The van der Waals surface area contributed by atoms with E-state index in [1.165, 1.54) is 31.2 Å². The fraction of sp³-hybridized carbons (Fsp3) is 0.571. The number of hydrogen-bond donors (Lipinski definition) is 0. The van der Waals surface area contributed by atoms with Gasteiger partial charge in [0, 0.05) is 4.83 Å². The molecule has 1 fully saturated rings. The van der Waals surface area contributed by atoms with Crippen LogP contribution in [0.4, 0.5) is 0 Å². The summed E-state index contributed by atoms with van der Waals surface area (Å²) in [4.78, 5) is 0.567. The Balaban J connectivity index is 1.71. The molecule has 1 nitrogen and oxygen atoms in total. The van der Waals surface area contributed by atoms with E-state index in [0.717, 1.165) is 13.0 Å². The molecule has 0 bridgehead atoms. The molecule has 1 unspecified atom stereocenters. The zero-order chi connectivity index (χ0) is 11.2. The summed E-state index contributed by atoms with van der Waals surface area (Å²) >= 11 is 3.72. The molecular formula is C14H19BrO. The molecule has 88 valence electrons. The Morgan fingerprint density at radius 3 is 2.62 bits per heavy atom. The molecule has 0 aliphatic heterocycles. The second kappa shape index (κ2) is 6.41. The first kappa shape index (κ1) is 12.1. The molecule has 0 amide bonds. The lowest BCUT2D eigenvalue weighted by Crippen LogP contribution is -2.28. The van der Waals surface area contributed by atoms with Crippen LogP contribution in [0.1, 0.15) is 31.2 Å². The van der Waals surface area contributed by atoms with E-state index >= 15 is 0 Å². The van der Waals surface area contributed by atoms with Crippen LogP contribution in [0.3, 0.4) is 0 Å². The highest BCUT2D eigenvalue weighted by atomic mass is 79.9. The summed E-state index contributed by atoms with van der Waals surface area (Å²) in [5, 5.41) is 0. The van der Waals surface area contributed by atoms with Gasteiger partial charge in [0.2, 0.25) is 0 Å². The largest absolute Gasteiger partial charge is 0.377 e. The van der Waals surface area contributed by atoms with Gasteiger partial charge in [-0.15, -0.1) is 0 Å². The second-order valence-electron chi connectivity index (χ2n) is 4.45. The Hall–Kier alpha value is -0.340. The molecule has 1 aliphatic rings. The van der Waals surface area contributed by atoms with E-state index in [1.54, 1.807) is 0 Å². The molecule has 1 saturated carbocycles. The summed E-state index contributed by atoms with van der Waals surface area (Å²) in [7, 11) is 0. The van der Waals surface area contributed by atoms with Gasteiger partial charge in [0.1, 0.15) is 0 Å². The molecular weight excluding hydrogens is 264 g/mol. The first-order valence-corrected chi connectivity index (χ1v) is 7.07. The predicted octanol–water partition coefficient (Wildman–Crippen LogP) is 3.95. The standard InChI is InChI=1S/C14H19BrO/c15-13-8-4-5-9-14(13)16-11-10-12-6-2-1-3-7-12/h1-3,6-7,13-14H,4-5,8-11H2/t13-,14?/m0/s1. The maximum absolute atomic E-state index is 5.95. The molecule has 1 aromatic rings. The zero-order valence-corrected chi connectivity index (χ0v) is 11.2. The first-order valence-electron chi connectivity index (χ1n) is 6.16. The van der Waals surface area contributed by atoms with E-state index < -0.39 is 0 Å². The van der Waals surface area contributed by atoms with Crippen LogP contribution in [0.2, 0.25) is 0 Å². The van der Waals surface area contributed by atoms with Gasteiger partial charge >= 0.3 is 0 Å². The van der Waals surface area contributed by atoms with Crippen LogP contribution in [-0.2, 0) is 11.2 Å².